The molecule has 25 heavy (non-hydrogen) atoms. The van der Waals surface area contributed by atoms with Crippen LogP contribution in [-0.2, 0) is 0 Å². The van der Waals surface area contributed by atoms with Gasteiger partial charge in [-0.05, 0) is 35.7 Å². The van der Waals surface area contributed by atoms with Crippen molar-refractivity contribution in [2.75, 3.05) is 27.2 Å². The number of rotatable bonds is 4. The minimum Gasteiger partial charge on any atom is -0.497 e. The van der Waals surface area contributed by atoms with E-state index in [1.54, 1.807) is 13.3 Å². The summed E-state index contributed by atoms with van der Waals surface area (Å²) in [6.07, 6.45) is 5.73. The molecule has 3 aliphatic rings. The molecule has 5 atom stereocenters. The number of pyridine rings is 1. The topological polar surface area (TPSA) is 42.4 Å². The number of benzene rings is 1. The number of hydrogen-bond donors (Lipinski definition) is 1. The first-order valence-corrected chi connectivity index (χ1v) is 9.13. The summed E-state index contributed by atoms with van der Waals surface area (Å²) in [6.45, 7) is 6.26. The maximum atomic E-state index is 11.3. The highest BCUT2D eigenvalue weighted by molar-refractivity contribution is 5.83. The van der Waals surface area contributed by atoms with Gasteiger partial charge in [0.2, 0.25) is 0 Å². The molecule has 132 valence electrons. The minimum absolute atomic E-state index is 0.228. The van der Waals surface area contributed by atoms with Gasteiger partial charge in [0.25, 0.3) is 0 Å². The van der Waals surface area contributed by atoms with Gasteiger partial charge in [0, 0.05) is 30.3 Å². The summed E-state index contributed by atoms with van der Waals surface area (Å²) in [4.78, 5) is 4.45. The van der Waals surface area contributed by atoms with Crippen molar-refractivity contribution in [2.45, 2.75) is 25.0 Å². The number of piperidine rings is 3. The van der Waals surface area contributed by atoms with Gasteiger partial charge in [0.05, 0.1) is 32.8 Å². The normalized spacial score (nSPS) is 32.5. The number of ether oxygens (including phenoxy) is 1. The Morgan fingerprint density at radius 1 is 1.40 bits per heavy atom. The number of aliphatic hydroxyl groups is 1. The molecule has 5 rings (SSSR count). The summed E-state index contributed by atoms with van der Waals surface area (Å²) in [6, 6.07) is 8.06. The Kier molecular flexibility index (Phi) is 4.05. The first-order chi connectivity index (χ1) is 12.1. The molecule has 0 aliphatic carbocycles. The second-order valence-electron chi connectivity index (χ2n) is 7.87. The van der Waals surface area contributed by atoms with Crippen molar-refractivity contribution in [3.05, 3.63) is 48.7 Å². The molecule has 1 aromatic carbocycles. The Morgan fingerprint density at radius 3 is 2.96 bits per heavy atom. The third kappa shape index (κ3) is 2.64. The van der Waals surface area contributed by atoms with Crippen LogP contribution in [0.1, 0.15) is 24.5 Å². The van der Waals surface area contributed by atoms with Gasteiger partial charge in [-0.15, -0.1) is 6.58 Å². The van der Waals surface area contributed by atoms with Gasteiger partial charge >= 0.3 is 0 Å². The molecule has 0 unspecified atom stereocenters. The van der Waals surface area contributed by atoms with E-state index in [0.717, 1.165) is 46.2 Å². The Bertz CT molecular complexity index is 806. The smallest absolute Gasteiger partial charge is 0.131 e. The summed E-state index contributed by atoms with van der Waals surface area (Å²) in [5.74, 6) is 2.03. The Hall–Kier alpha value is -1.91. The zero-order valence-corrected chi connectivity index (χ0v) is 15.1. The van der Waals surface area contributed by atoms with E-state index in [2.05, 4.69) is 24.7 Å². The first kappa shape index (κ1) is 16.6. The van der Waals surface area contributed by atoms with Crippen molar-refractivity contribution in [1.82, 2.24) is 4.98 Å². The quantitative estimate of drug-likeness (QED) is 0.686. The van der Waals surface area contributed by atoms with Crippen LogP contribution in [0.3, 0.4) is 0 Å². The maximum absolute atomic E-state index is 11.3. The molecule has 0 spiro atoms. The van der Waals surface area contributed by atoms with Crippen LogP contribution in [0.15, 0.2) is 43.1 Å². The lowest BCUT2D eigenvalue weighted by Crippen LogP contribution is -2.66. The number of aliphatic hydroxyl groups excluding tert-OH is 1. The van der Waals surface area contributed by atoms with Crippen LogP contribution < -0.4 is 4.74 Å². The summed E-state index contributed by atoms with van der Waals surface area (Å²) >= 11 is 0. The monoisotopic (exact) mass is 339 g/mol. The molecular weight excluding hydrogens is 312 g/mol. The predicted molar refractivity (Wildman–Crippen MR) is 99.4 cm³/mol. The highest BCUT2D eigenvalue weighted by Crippen LogP contribution is 2.45. The van der Waals surface area contributed by atoms with Gasteiger partial charge < -0.3 is 14.3 Å². The number of fused-ring (bicyclic) bond motifs is 4. The number of aromatic nitrogens is 1. The Labute approximate surface area is 149 Å². The van der Waals surface area contributed by atoms with Gasteiger partial charge in [-0.1, -0.05) is 6.08 Å². The molecule has 0 amide bonds. The number of quaternary nitrogens is 1. The predicted octanol–water partition coefficient (Wildman–Crippen LogP) is 3.32. The fourth-order valence-electron chi connectivity index (χ4n) is 5.03. The molecule has 3 saturated heterocycles. The van der Waals surface area contributed by atoms with Crippen LogP contribution in [0.25, 0.3) is 10.9 Å². The average molecular weight is 339 g/mol. The summed E-state index contributed by atoms with van der Waals surface area (Å²) in [7, 11) is 3.96. The molecule has 1 aromatic heterocycles. The zero-order valence-electron chi connectivity index (χ0n) is 15.1. The van der Waals surface area contributed by atoms with Crippen molar-refractivity contribution >= 4 is 10.9 Å². The van der Waals surface area contributed by atoms with E-state index >= 15 is 0 Å². The third-order valence-electron chi connectivity index (χ3n) is 6.56. The lowest BCUT2D eigenvalue weighted by molar-refractivity contribution is -0.956. The van der Waals surface area contributed by atoms with Crippen LogP contribution in [-0.4, -0.2) is 47.9 Å². The van der Waals surface area contributed by atoms with Crippen LogP contribution >= 0.6 is 0 Å². The Balaban J connectivity index is 1.73. The molecular formula is C21H27N2O2+. The molecule has 4 heterocycles. The first-order valence-electron chi connectivity index (χ1n) is 9.13. The molecule has 3 fully saturated rings. The van der Waals surface area contributed by atoms with E-state index in [1.807, 2.05) is 24.3 Å². The molecule has 2 bridgehead atoms. The zero-order chi connectivity index (χ0) is 17.6. The van der Waals surface area contributed by atoms with Crippen LogP contribution in [0.5, 0.6) is 5.75 Å². The van der Waals surface area contributed by atoms with Gasteiger partial charge in [-0.25, -0.2) is 0 Å². The van der Waals surface area contributed by atoms with E-state index in [4.69, 9.17) is 4.74 Å². The molecule has 0 radical (unpaired) electrons. The Morgan fingerprint density at radius 2 is 2.24 bits per heavy atom. The molecule has 3 aliphatic heterocycles. The number of likely N-dealkylation sites (N-methyl/N-ethyl adjacent to an activating group) is 1. The highest BCUT2D eigenvalue weighted by atomic mass is 16.5. The summed E-state index contributed by atoms with van der Waals surface area (Å²) < 4.78 is 6.31. The van der Waals surface area contributed by atoms with E-state index < -0.39 is 6.10 Å². The van der Waals surface area contributed by atoms with Crippen molar-refractivity contribution in [1.29, 1.82) is 0 Å². The fourth-order valence-corrected chi connectivity index (χ4v) is 5.03. The van der Waals surface area contributed by atoms with Gasteiger partial charge in [0.1, 0.15) is 17.9 Å². The average Bonchev–Trinajstić information content (AvgIpc) is 2.66. The van der Waals surface area contributed by atoms with Gasteiger partial charge in [-0.3, -0.25) is 4.98 Å². The molecule has 0 saturated carbocycles. The second kappa shape index (κ2) is 6.11. The molecule has 1 N–H and O–H groups in total. The maximum Gasteiger partial charge on any atom is 0.131 e. The SMILES string of the molecule is C=C[C@@H]1C[N@@+]2(C)CC[C@H]1C[C@@H]2[C@@H](O)c1ccnc2ccc(OC)cc12. The summed E-state index contributed by atoms with van der Waals surface area (Å²) in [5.41, 5.74) is 1.87. The largest absolute Gasteiger partial charge is 0.497 e. The van der Waals surface area contributed by atoms with Crippen molar-refractivity contribution < 1.29 is 14.3 Å². The van der Waals surface area contributed by atoms with E-state index in [-0.39, 0.29) is 6.04 Å². The van der Waals surface area contributed by atoms with Crippen LogP contribution in [0.4, 0.5) is 0 Å². The lowest BCUT2D eigenvalue weighted by atomic mass is 9.72. The minimum atomic E-state index is -0.490. The molecule has 4 heteroatoms. The standard InChI is InChI=1S/C21H27N2O2/c1-4-14-13-23(2)10-8-15(14)11-20(23)21(24)17-7-9-22-19-6-5-16(25-3)12-18(17)19/h4-7,9,12,14-15,20-21,24H,1,8,10-11,13H2,2-3H3/q+1/t14-,15+,20-,21+,23-/m1/s1. The van der Waals surface area contributed by atoms with E-state index in [9.17, 15) is 5.11 Å². The van der Waals surface area contributed by atoms with Crippen molar-refractivity contribution in [3.63, 3.8) is 0 Å². The molecule has 4 nitrogen and oxygen atoms in total. The van der Waals surface area contributed by atoms with Crippen molar-refractivity contribution in [3.8, 4) is 5.75 Å². The number of nitrogens with zero attached hydrogens (tertiary/aromatic N) is 2. The van der Waals surface area contributed by atoms with E-state index in [1.165, 1.54) is 6.42 Å². The van der Waals surface area contributed by atoms with Crippen molar-refractivity contribution in [2.24, 2.45) is 11.8 Å². The highest BCUT2D eigenvalue weighted by Gasteiger charge is 2.51. The number of methoxy groups -OCH3 is 1. The lowest BCUT2D eigenvalue weighted by Gasteiger charge is -2.56. The number of hydrogen-bond acceptors (Lipinski definition) is 3. The van der Waals surface area contributed by atoms with Crippen LogP contribution in [0, 0.1) is 11.8 Å². The van der Waals surface area contributed by atoms with E-state index in [0.29, 0.717) is 11.8 Å². The molecule has 2 aromatic rings. The van der Waals surface area contributed by atoms with Gasteiger partial charge in [0.15, 0.2) is 0 Å². The second-order valence-corrected chi connectivity index (χ2v) is 7.87. The van der Waals surface area contributed by atoms with Crippen LogP contribution in [0.2, 0.25) is 0 Å². The van der Waals surface area contributed by atoms with Gasteiger partial charge in [-0.2, -0.15) is 0 Å². The summed E-state index contributed by atoms with van der Waals surface area (Å²) in [5, 5.41) is 12.3. The fraction of sp³-hybridized carbons (Fsp3) is 0.476. The third-order valence-corrected chi connectivity index (χ3v) is 6.56.